The third-order valence-electron chi connectivity index (χ3n) is 3.61. The number of Topliss-reactive ketones (excluding diaryl/α,β-unsaturated/α-hetero) is 1. The minimum Gasteiger partial charge on any atom is -0.394 e. The van der Waals surface area contributed by atoms with Gasteiger partial charge >= 0.3 is 0 Å². The van der Waals surface area contributed by atoms with Crippen LogP contribution in [0.25, 0.3) is 0 Å². The number of aliphatic hydroxyl groups excluding tert-OH is 5. The number of unbranched alkanes of at least 4 members (excludes halogenated alkanes) is 6. The van der Waals surface area contributed by atoms with Gasteiger partial charge in [-0.15, -0.1) is 0 Å². The second-order valence-electron chi connectivity index (χ2n) is 5.51. The Morgan fingerprint density at radius 3 is 1.90 bits per heavy atom. The SMILES string of the molecule is CCCCCCCCCC(=O)C(O)C(O)C(O)C(O)CO. The lowest BCUT2D eigenvalue weighted by molar-refractivity contribution is -0.147. The molecule has 6 heteroatoms. The van der Waals surface area contributed by atoms with E-state index in [1.54, 1.807) is 0 Å². The Kier molecular flexibility index (Phi) is 11.8. The predicted octanol–water partition coefficient (Wildman–Crippen LogP) is 0.132. The number of hydrogen-bond acceptors (Lipinski definition) is 6. The molecule has 4 unspecified atom stereocenters. The second-order valence-corrected chi connectivity index (χ2v) is 5.51. The van der Waals surface area contributed by atoms with Crippen LogP contribution in [0.1, 0.15) is 58.3 Å². The molecule has 0 aliphatic carbocycles. The molecule has 0 aromatic carbocycles. The number of rotatable bonds is 13. The molecule has 0 aromatic rings. The molecule has 0 rings (SSSR count). The molecule has 0 heterocycles. The average Bonchev–Trinajstić information content (AvgIpc) is 2.50. The third-order valence-corrected chi connectivity index (χ3v) is 3.61. The van der Waals surface area contributed by atoms with E-state index in [2.05, 4.69) is 6.92 Å². The van der Waals surface area contributed by atoms with E-state index in [1.165, 1.54) is 19.3 Å². The summed E-state index contributed by atoms with van der Waals surface area (Å²) in [6.45, 7) is 1.39. The van der Waals surface area contributed by atoms with Gasteiger partial charge in [0.2, 0.25) is 0 Å². The highest BCUT2D eigenvalue weighted by molar-refractivity contribution is 5.83. The van der Waals surface area contributed by atoms with Crippen LogP contribution in [-0.2, 0) is 4.79 Å². The molecule has 6 nitrogen and oxygen atoms in total. The zero-order chi connectivity index (χ0) is 16.3. The van der Waals surface area contributed by atoms with Crippen molar-refractivity contribution in [1.29, 1.82) is 0 Å². The van der Waals surface area contributed by atoms with E-state index in [0.717, 1.165) is 19.3 Å². The van der Waals surface area contributed by atoms with Gasteiger partial charge in [0.1, 0.15) is 24.4 Å². The lowest BCUT2D eigenvalue weighted by Gasteiger charge is -2.24. The Labute approximate surface area is 126 Å². The van der Waals surface area contributed by atoms with Gasteiger partial charge in [-0.2, -0.15) is 0 Å². The van der Waals surface area contributed by atoms with Gasteiger partial charge in [-0.3, -0.25) is 4.79 Å². The molecular weight excluding hydrogens is 276 g/mol. The number of carbonyl (C=O) groups excluding carboxylic acids is 1. The zero-order valence-electron chi connectivity index (χ0n) is 12.8. The Morgan fingerprint density at radius 1 is 0.857 bits per heavy atom. The van der Waals surface area contributed by atoms with Crippen LogP contribution in [0.4, 0.5) is 0 Å². The van der Waals surface area contributed by atoms with Gasteiger partial charge in [-0.25, -0.2) is 0 Å². The Bertz CT molecular complexity index is 271. The highest BCUT2D eigenvalue weighted by Gasteiger charge is 2.33. The molecule has 0 aromatic heterocycles. The van der Waals surface area contributed by atoms with E-state index in [0.29, 0.717) is 6.42 Å². The molecule has 0 saturated heterocycles. The van der Waals surface area contributed by atoms with Gasteiger partial charge < -0.3 is 25.5 Å². The molecular formula is C15H30O6. The lowest BCUT2D eigenvalue weighted by atomic mass is 9.97. The summed E-state index contributed by atoms with van der Waals surface area (Å²) >= 11 is 0. The molecule has 0 fully saturated rings. The summed E-state index contributed by atoms with van der Waals surface area (Å²) in [6, 6.07) is 0. The highest BCUT2D eigenvalue weighted by atomic mass is 16.4. The van der Waals surface area contributed by atoms with Crippen LogP contribution in [-0.4, -0.2) is 62.3 Å². The fourth-order valence-electron chi connectivity index (χ4n) is 2.12. The van der Waals surface area contributed by atoms with Crippen molar-refractivity contribution in [2.45, 2.75) is 82.7 Å². The number of ketones is 1. The van der Waals surface area contributed by atoms with Crippen LogP contribution in [0.3, 0.4) is 0 Å². The standard InChI is InChI=1S/C15H30O6/c1-2-3-4-5-6-7-8-9-11(17)13(19)15(21)14(20)12(18)10-16/h12-16,18-21H,2-10H2,1H3. The maximum Gasteiger partial charge on any atom is 0.164 e. The first kappa shape index (κ1) is 20.5. The Hall–Kier alpha value is -0.530. The molecule has 0 aliphatic heterocycles. The summed E-state index contributed by atoms with van der Waals surface area (Å²) in [7, 11) is 0. The van der Waals surface area contributed by atoms with Gasteiger partial charge in [0.05, 0.1) is 6.61 Å². The third kappa shape index (κ3) is 8.48. The molecule has 5 N–H and O–H groups in total. The predicted molar refractivity (Wildman–Crippen MR) is 78.7 cm³/mol. The normalized spacial score (nSPS) is 17.2. The van der Waals surface area contributed by atoms with E-state index in [9.17, 15) is 20.1 Å². The number of carbonyl (C=O) groups is 1. The van der Waals surface area contributed by atoms with E-state index < -0.39 is 36.8 Å². The van der Waals surface area contributed by atoms with Gasteiger partial charge in [0.25, 0.3) is 0 Å². The van der Waals surface area contributed by atoms with Crippen LogP contribution in [0.5, 0.6) is 0 Å². The molecule has 126 valence electrons. The first-order valence-electron chi connectivity index (χ1n) is 7.81. The number of hydrogen-bond donors (Lipinski definition) is 5. The molecule has 4 atom stereocenters. The number of aliphatic hydroxyl groups is 5. The summed E-state index contributed by atoms with van der Waals surface area (Å²) in [6.07, 6.45) is 0.569. The largest absolute Gasteiger partial charge is 0.394 e. The van der Waals surface area contributed by atoms with Crippen molar-refractivity contribution in [3.05, 3.63) is 0 Å². The molecule has 0 saturated carbocycles. The summed E-state index contributed by atoms with van der Waals surface area (Å²) in [5, 5.41) is 46.4. The van der Waals surface area contributed by atoms with E-state index in [1.807, 2.05) is 0 Å². The van der Waals surface area contributed by atoms with Gasteiger partial charge in [0.15, 0.2) is 5.78 Å². The molecule has 0 bridgehead atoms. The highest BCUT2D eigenvalue weighted by Crippen LogP contribution is 2.12. The fraction of sp³-hybridized carbons (Fsp3) is 0.933. The van der Waals surface area contributed by atoms with Crippen LogP contribution < -0.4 is 0 Å². The van der Waals surface area contributed by atoms with Crippen molar-refractivity contribution < 1.29 is 30.3 Å². The van der Waals surface area contributed by atoms with Gasteiger partial charge in [-0.05, 0) is 6.42 Å². The van der Waals surface area contributed by atoms with Crippen LogP contribution in [0.2, 0.25) is 0 Å². The fourth-order valence-corrected chi connectivity index (χ4v) is 2.12. The minimum atomic E-state index is -1.79. The summed E-state index contributed by atoms with van der Waals surface area (Å²) in [5.41, 5.74) is 0. The monoisotopic (exact) mass is 306 g/mol. The summed E-state index contributed by atoms with van der Waals surface area (Å²) in [5.74, 6) is -0.555. The van der Waals surface area contributed by atoms with Crippen molar-refractivity contribution in [1.82, 2.24) is 0 Å². The molecule has 0 aliphatic rings. The molecule has 0 amide bonds. The molecule has 0 spiro atoms. The van der Waals surface area contributed by atoms with Crippen LogP contribution in [0.15, 0.2) is 0 Å². The Morgan fingerprint density at radius 2 is 1.38 bits per heavy atom. The van der Waals surface area contributed by atoms with Crippen molar-refractivity contribution in [2.24, 2.45) is 0 Å². The topological polar surface area (TPSA) is 118 Å². The van der Waals surface area contributed by atoms with Gasteiger partial charge in [-0.1, -0.05) is 45.4 Å². The van der Waals surface area contributed by atoms with Gasteiger partial charge in [0, 0.05) is 6.42 Å². The van der Waals surface area contributed by atoms with Crippen molar-refractivity contribution in [3.8, 4) is 0 Å². The maximum atomic E-state index is 11.7. The summed E-state index contributed by atoms with van der Waals surface area (Å²) in [4.78, 5) is 11.7. The minimum absolute atomic E-state index is 0.133. The second kappa shape index (κ2) is 12.1. The van der Waals surface area contributed by atoms with E-state index in [-0.39, 0.29) is 6.42 Å². The first-order valence-corrected chi connectivity index (χ1v) is 7.81. The maximum absolute atomic E-state index is 11.7. The van der Waals surface area contributed by atoms with Crippen LogP contribution in [0, 0.1) is 0 Å². The first-order chi connectivity index (χ1) is 9.95. The zero-order valence-corrected chi connectivity index (χ0v) is 12.8. The van der Waals surface area contributed by atoms with E-state index in [4.69, 9.17) is 10.2 Å². The molecule has 0 radical (unpaired) electrons. The van der Waals surface area contributed by atoms with Crippen molar-refractivity contribution >= 4 is 5.78 Å². The van der Waals surface area contributed by atoms with Crippen molar-refractivity contribution in [3.63, 3.8) is 0 Å². The lowest BCUT2D eigenvalue weighted by Crippen LogP contribution is -2.48. The van der Waals surface area contributed by atoms with Crippen LogP contribution >= 0.6 is 0 Å². The quantitative estimate of drug-likeness (QED) is 0.309. The Balaban J connectivity index is 3.89. The smallest absolute Gasteiger partial charge is 0.164 e. The van der Waals surface area contributed by atoms with E-state index >= 15 is 0 Å². The molecule has 21 heavy (non-hydrogen) atoms. The summed E-state index contributed by atoms with van der Waals surface area (Å²) < 4.78 is 0. The average molecular weight is 306 g/mol. The van der Waals surface area contributed by atoms with Crippen molar-refractivity contribution in [2.75, 3.05) is 6.61 Å².